The number of benzene rings is 2. The van der Waals surface area contributed by atoms with E-state index in [-0.39, 0.29) is 5.91 Å². The minimum Gasteiger partial charge on any atom is -0.487 e. The zero-order valence-corrected chi connectivity index (χ0v) is 18.9. The number of piperazine rings is 1. The summed E-state index contributed by atoms with van der Waals surface area (Å²) in [7, 11) is 0. The number of nitrogens with two attached hydrogens (primary N) is 1. The summed E-state index contributed by atoms with van der Waals surface area (Å²) in [5, 5.41) is 2.83. The van der Waals surface area contributed by atoms with Gasteiger partial charge in [-0.2, -0.15) is 0 Å². The molecule has 0 saturated carbocycles. The molecule has 3 heterocycles. The van der Waals surface area contributed by atoms with Gasteiger partial charge in [0, 0.05) is 42.5 Å². The number of anilines is 1. The van der Waals surface area contributed by atoms with Crippen molar-refractivity contribution in [3.8, 4) is 5.75 Å². The molecule has 0 aliphatic carbocycles. The summed E-state index contributed by atoms with van der Waals surface area (Å²) in [6, 6.07) is 15.0. The van der Waals surface area contributed by atoms with E-state index in [2.05, 4.69) is 19.9 Å². The molecular formula is C24H24N6O2S. The van der Waals surface area contributed by atoms with E-state index >= 15 is 0 Å². The molecule has 168 valence electrons. The van der Waals surface area contributed by atoms with Gasteiger partial charge < -0.3 is 15.4 Å². The maximum absolute atomic E-state index is 12.9. The van der Waals surface area contributed by atoms with Crippen molar-refractivity contribution in [1.29, 1.82) is 0 Å². The minimum absolute atomic E-state index is 0.0342. The molecule has 5 rings (SSSR count). The van der Waals surface area contributed by atoms with Crippen molar-refractivity contribution in [2.24, 2.45) is 0 Å². The Hall–Kier alpha value is -3.56. The molecule has 0 atom stereocenters. The lowest BCUT2D eigenvalue weighted by molar-refractivity contribution is 0.0625. The molecule has 1 fully saturated rings. The summed E-state index contributed by atoms with van der Waals surface area (Å²) in [4.78, 5) is 30.4. The highest BCUT2D eigenvalue weighted by Gasteiger charge is 2.23. The molecule has 2 aromatic heterocycles. The Morgan fingerprint density at radius 1 is 1.03 bits per heavy atom. The number of carbonyl (C=O) groups is 1. The van der Waals surface area contributed by atoms with Gasteiger partial charge >= 0.3 is 0 Å². The molecule has 0 radical (unpaired) electrons. The predicted molar refractivity (Wildman–Crippen MR) is 128 cm³/mol. The third-order valence-electron chi connectivity index (χ3n) is 5.68. The quantitative estimate of drug-likeness (QED) is 0.472. The van der Waals surface area contributed by atoms with Gasteiger partial charge in [0.25, 0.3) is 5.91 Å². The molecule has 2 N–H and O–H groups in total. The maximum atomic E-state index is 12.9. The normalized spacial score (nSPS) is 14.5. The topological polar surface area (TPSA) is 97.5 Å². The Labute approximate surface area is 195 Å². The average Bonchev–Trinajstić information content (AvgIpc) is 3.37. The van der Waals surface area contributed by atoms with E-state index in [0.717, 1.165) is 35.4 Å². The summed E-state index contributed by atoms with van der Waals surface area (Å²) in [6.45, 7) is 3.87. The fourth-order valence-corrected chi connectivity index (χ4v) is 4.42. The smallest absolute Gasteiger partial charge is 0.253 e. The second-order valence-electron chi connectivity index (χ2n) is 7.90. The van der Waals surface area contributed by atoms with Crippen LogP contribution in [0.3, 0.4) is 0 Å². The highest BCUT2D eigenvalue weighted by molar-refractivity contribution is 7.07. The third kappa shape index (κ3) is 4.94. The van der Waals surface area contributed by atoms with Crippen molar-refractivity contribution in [1.82, 2.24) is 24.8 Å². The summed E-state index contributed by atoms with van der Waals surface area (Å²) in [5.74, 6) is 1.97. The van der Waals surface area contributed by atoms with Crippen LogP contribution < -0.4 is 10.5 Å². The molecule has 0 bridgehead atoms. The molecule has 4 aromatic rings. The number of fused-ring (bicyclic) bond motifs is 1. The Kier molecular flexibility index (Phi) is 6.14. The van der Waals surface area contributed by atoms with Crippen LogP contribution >= 0.6 is 11.3 Å². The first-order chi connectivity index (χ1) is 16.2. The van der Waals surface area contributed by atoms with Crippen LogP contribution in [0.25, 0.3) is 10.9 Å². The van der Waals surface area contributed by atoms with Crippen molar-refractivity contribution in [3.63, 3.8) is 0 Å². The van der Waals surface area contributed by atoms with E-state index < -0.39 is 0 Å². The van der Waals surface area contributed by atoms with E-state index in [1.54, 1.807) is 16.8 Å². The number of hydrogen-bond acceptors (Lipinski definition) is 8. The first-order valence-electron chi connectivity index (χ1n) is 10.8. The molecule has 8 nitrogen and oxygen atoms in total. The number of carbonyl (C=O) groups excluding carboxylic acids is 1. The lowest BCUT2D eigenvalue weighted by atomic mass is 10.1. The molecule has 33 heavy (non-hydrogen) atoms. The van der Waals surface area contributed by atoms with Crippen LogP contribution in [0.4, 0.5) is 5.82 Å². The van der Waals surface area contributed by atoms with E-state index in [1.807, 2.05) is 58.8 Å². The number of thiazole rings is 1. The second kappa shape index (κ2) is 9.51. The SMILES string of the molecule is Nc1nc(CN2CCN(C(=O)c3ccc(OCc4cscn4)cc3)CC2)nc2ccccc12. The van der Waals surface area contributed by atoms with Crippen LogP contribution in [0.15, 0.2) is 59.4 Å². The molecule has 9 heteroatoms. The van der Waals surface area contributed by atoms with Gasteiger partial charge in [0.05, 0.1) is 23.3 Å². The lowest BCUT2D eigenvalue weighted by Crippen LogP contribution is -2.48. The van der Waals surface area contributed by atoms with Gasteiger partial charge in [-0.3, -0.25) is 9.69 Å². The number of rotatable bonds is 6. The van der Waals surface area contributed by atoms with Crippen LogP contribution in [0.5, 0.6) is 5.75 Å². The third-order valence-corrected chi connectivity index (χ3v) is 6.31. The van der Waals surface area contributed by atoms with Crippen molar-refractivity contribution in [3.05, 3.63) is 76.5 Å². The number of ether oxygens (including phenoxy) is 1. The molecule has 0 spiro atoms. The van der Waals surface area contributed by atoms with Gasteiger partial charge in [0.15, 0.2) is 0 Å². The first kappa shape index (κ1) is 21.3. The highest BCUT2D eigenvalue weighted by Crippen LogP contribution is 2.19. The van der Waals surface area contributed by atoms with E-state index in [9.17, 15) is 4.79 Å². The number of aromatic nitrogens is 3. The largest absolute Gasteiger partial charge is 0.487 e. The van der Waals surface area contributed by atoms with Crippen molar-refractivity contribution in [2.75, 3.05) is 31.9 Å². The number of para-hydroxylation sites is 1. The summed E-state index contributed by atoms with van der Waals surface area (Å²) in [5.41, 5.74) is 10.3. The monoisotopic (exact) mass is 460 g/mol. The summed E-state index contributed by atoms with van der Waals surface area (Å²) < 4.78 is 5.73. The van der Waals surface area contributed by atoms with Crippen LogP contribution in [0, 0.1) is 0 Å². The van der Waals surface area contributed by atoms with Gasteiger partial charge in [0.2, 0.25) is 0 Å². The summed E-state index contributed by atoms with van der Waals surface area (Å²) >= 11 is 1.54. The van der Waals surface area contributed by atoms with Crippen molar-refractivity contribution < 1.29 is 9.53 Å². The standard InChI is InChI=1S/C24H24N6O2S/c25-23-20-3-1-2-4-21(20)27-22(28-23)13-29-9-11-30(12-10-29)24(31)17-5-7-19(8-6-17)32-14-18-15-33-16-26-18/h1-8,15-16H,9-14H2,(H2,25,27,28). The maximum Gasteiger partial charge on any atom is 0.253 e. The van der Waals surface area contributed by atoms with E-state index in [0.29, 0.717) is 43.4 Å². The fourth-order valence-electron chi connectivity index (χ4n) is 3.87. The van der Waals surface area contributed by atoms with Gasteiger partial charge in [-0.05, 0) is 36.4 Å². The molecular weight excluding hydrogens is 436 g/mol. The molecule has 1 amide bonds. The van der Waals surface area contributed by atoms with Crippen LogP contribution in [0.2, 0.25) is 0 Å². The van der Waals surface area contributed by atoms with E-state index in [4.69, 9.17) is 10.5 Å². The zero-order chi connectivity index (χ0) is 22.6. The number of hydrogen-bond donors (Lipinski definition) is 1. The van der Waals surface area contributed by atoms with Crippen molar-refractivity contribution in [2.45, 2.75) is 13.2 Å². The Balaban J connectivity index is 1.15. The Morgan fingerprint density at radius 2 is 1.82 bits per heavy atom. The van der Waals surface area contributed by atoms with Crippen molar-refractivity contribution >= 4 is 34.0 Å². The highest BCUT2D eigenvalue weighted by atomic mass is 32.1. The molecule has 0 unspecified atom stereocenters. The molecule has 1 aliphatic rings. The van der Waals surface area contributed by atoms with Gasteiger partial charge in [-0.15, -0.1) is 11.3 Å². The molecule has 2 aromatic carbocycles. The minimum atomic E-state index is 0.0342. The number of nitrogens with zero attached hydrogens (tertiary/aromatic N) is 5. The van der Waals surface area contributed by atoms with Crippen LogP contribution in [0.1, 0.15) is 21.9 Å². The Bertz CT molecular complexity index is 1240. The van der Waals surface area contributed by atoms with Crippen LogP contribution in [-0.4, -0.2) is 56.8 Å². The molecule has 1 aliphatic heterocycles. The Morgan fingerprint density at radius 3 is 2.58 bits per heavy atom. The van der Waals surface area contributed by atoms with Gasteiger partial charge in [-0.1, -0.05) is 12.1 Å². The molecule has 1 saturated heterocycles. The average molecular weight is 461 g/mol. The predicted octanol–water partition coefficient (Wildman–Crippen LogP) is 3.21. The number of amides is 1. The van der Waals surface area contributed by atoms with E-state index in [1.165, 1.54) is 0 Å². The summed E-state index contributed by atoms with van der Waals surface area (Å²) in [6.07, 6.45) is 0. The van der Waals surface area contributed by atoms with Gasteiger partial charge in [-0.25, -0.2) is 15.0 Å². The fraction of sp³-hybridized carbons (Fsp3) is 0.250. The van der Waals surface area contributed by atoms with Gasteiger partial charge in [0.1, 0.15) is 24.0 Å². The zero-order valence-electron chi connectivity index (χ0n) is 18.1. The number of nitrogen functional groups attached to an aromatic ring is 1. The van der Waals surface area contributed by atoms with Crippen LogP contribution in [-0.2, 0) is 13.2 Å². The lowest BCUT2D eigenvalue weighted by Gasteiger charge is -2.34. The second-order valence-corrected chi connectivity index (χ2v) is 8.62. The first-order valence-corrected chi connectivity index (χ1v) is 11.7.